The van der Waals surface area contributed by atoms with Gasteiger partial charge in [0.2, 0.25) is 21.8 Å². The number of hydrogen-bond acceptors (Lipinski definition) is 7. The number of carbonyl (C=O) groups is 3. The molecular formula is C23H35N5O5S. The first-order valence-electron chi connectivity index (χ1n) is 11.9. The van der Waals surface area contributed by atoms with Crippen molar-refractivity contribution in [2.75, 3.05) is 35.5 Å². The van der Waals surface area contributed by atoms with Crippen LogP contribution in [0.3, 0.4) is 0 Å². The van der Waals surface area contributed by atoms with Crippen molar-refractivity contribution >= 4 is 39.2 Å². The minimum atomic E-state index is -3.40. The fourth-order valence-corrected chi connectivity index (χ4v) is 5.40. The number of amides is 4. The molecule has 4 amide bonds. The molecule has 2 fully saturated rings. The summed E-state index contributed by atoms with van der Waals surface area (Å²) in [7, 11) is -3.40. The minimum Gasteiger partial charge on any atom is -0.364 e. The molecule has 1 aromatic rings. The van der Waals surface area contributed by atoms with Crippen molar-refractivity contribution in [1.29, 1.82) is 0 Å². The van der Waals surface area contributed by atoms with E-state index in [2.05, 4.69) is 27.6 Å². The summed E-state index contributed by atoms with van der Waals surface area (Å²) in [4.78, 5) is 40.4. The van der Waals surface area contributed by atoms with Crippen LogP contribution in [-0.2, 0) is 19.6 Å². The summed E-state index contributed by atoms with van der Waals surface area (Å²) < 4.78 is 25.5. The molecular weight excluding hydrogens is 458 g/mol. The van der Waals surface area contributed by atoms with E-state index in [-0.39, 0.29) is 0 Å². The van der Waals surface area contributed by atoms with Crippen LogP contribution in [0.4, 0.5) is 16.2 Å². The molecule has 2 aliphatic heterocycles. The van der Waals surface area contributed by atoms with Crippen LogP contribution in [0.15, 0.2) is 24.3 Å². The number of anilines is 2. The Morgan fingerprint density at radius 3 is 2.24 bits per heavy atom. The molecule has 2 aliphatic rings. The fraction of sp³-hybridized carbons (Fsp3) is 0.609. The number of barbiturate groups is 1. The first-order chi connectivity index (χ1) is 16.2. The van der Waals surface area contributed by atoms with Crippen LogP contribution in [0, 0.1) is 5.41 Å². The van der Waals surface area contributed by atoms with Crippen molar-refractivity contribution in [3.8, 4) is 0 Å². The van der Waals surface area contributed by atoms with Gasteiger partial charge in [-0.1, -0.05) is 45.4 Å². The van der Waals surface area contributed by atoms with Gasteiger partial charge < -0.3 is 10.2 Å². The van der Waals surface area contributed by atoms with E-state index in [4.69, 9.17) is 0 Å². The van der Waals surface area contributed by atoms with Crippen LogP contribution in [-0.4, -0.2) is 58.2 Å². The molecule has 0 bridgehead atoms. The van der Waals surface area contributed by atoms with Gasteiger partial charge in [0.25, 0.3) is 0 Å². The number of piperazine rings is 1. The van der Waals surface area contributed by atoms with E-state index in [1.54, 1.807) is 24.3 Å². The monoisotopic (exact) mass is 493 g/mol. The van der Waals surface area contributed by atoms with E-state index < -0.39 is 39.3 Å². The predicted molar refractivity (Wildman–Crippen MR) is 131 cm³/mol. The minimum absolute atomic E-state index is 0.334. The molecule has 34 heavy (non-hydrogen) atoms. The average Bonchev–Trinajstić information content (AvgIpc) is 2.77. The molecule has 3 rings (SSSR count). The van der Waals surface area contributed by atoms with Crippen molar-refractivity contribution in [2.24, 2.45) is 5.41 Å². The summed E-state index contributed by atoms with van der Waals surface area (Å²) in [5.41, 5.74) is -0.223. The molecule has 1 aromatic carbocycles. The second kappa shape index (κ2) is 11.2. The predicted octanol–water partition coefficient (Wildman–Crippen LogP) is 1.94. The van der Waals surface area contributed by atoms with Crippen molar-refractivity contribution < 1.29 is 22.8 Å². The topological polar surface area (TPSA) is 137 Å². The number of nitrogens with one attached hydrogen (secondary N) is 4. The summed E-state index contributed by atoms with van der Waals surface area (Å²) >= 11 is 0. The van der Waals surface area contributed by atoms with Crippen molar-refractivity contribution in [1.82, 2.24) is 16.0 Å². The zero-order valence-electron chi connectivity index (χ0n) is 19.9. The molecule has 0 radical (unpaired) electrons. The number of imide groups is 2. The lowest BCUT2D eigenvalue weighted by atomic mass is 9.71. The van der Waals surface area contributed by atoms with Gasteiger partial charge in [-0.3, -0.25) is 24.9 Å². The maximum absolute atomic E-state index is 13.3. The number of urea groups is 1. The van der Waals surface area contributed by atoms with E-state index in [0.29, 0.717) is 38.2 Å². The molecule has 1 unspecified atom stereocenters. The van der Waals surface area contributed by atoms with E-state index in [9.17, 15) is 22.8 Å². The Kier molecular flexibility index (Phi) is 8.53. The number of sulfonamides is 1. The number of rotatable bonds is 11. The molecule has 188 valence electrons. The number of unbranched alkanes of at least 4 members (excludes halogenated alkanes) is 5. The number of hydrogen-bond donors (Lipinski definition) is 4. The summed E-state index contributed by atoms with van der Waals surface area (Å²) in [5, 5.41) is 7.94. The quantitative estimate of drug-likeness (QED) is 0.273. The molecule has 2 heterocycles. The Morgan fingerprint density at radius 2 is 1.62 bits per heavy atom. The van der Waals surface area contributed by atoms with Gasteiger partial charge in [0.1, 0.15) is 5.41 Å². The third-order valence-corrected chi connectivity index (χ3v) is 7.11. The Hall–Kier alpha value is -2.66. The summed E-state index contributed by atoms with van der Waals surface area (Å²) in [6.07, 6.45) is 7.46. The van der Waals surface area contributed by atoms with Gasteiger partial charge in [0.15, 0.2) is 0 Å². The Morgan fingerprint density at radius 1 is 1.00 bits per heavy atom. The summed E-state index contributed by atoms with van der Waals surface area (Å²) in [5.74, 6) is -1.13. The number of nitrogens with zero attached hydrogens (tertiary/aromatic N) is 1. The normalized spacial score (nSPS) is 20.6. The first kappa shape index (κ1) is 26.0. The molecule has 1 atom stereocenters. The van der Waals surface area contributed by atoms with E-state index in [0.717, 1.165) is 44.0 Å². The molecule has 11 heteroatoms. The molecule has 10 nitrogen and oxygen atoms in total. The molecule has 0 saturated carbocycles. The summed E-state index contributed by atoms with van der Waals surface area (Å²) in [6, 6.07) is 5.54. The second-order valence-electron chi connectivity index (χ2n) is 9.06. The zero-order valence-corrected chi connectivity index (χ0v) is 20.7. The average molecular weight is 494 g/mol. The van der Waals surface area contributed by atoms with Gasteiger partial charge in [-0.25, -0.2) is 13.2 Å². The molecule has 2 saturated heterocycles. The van der Waals surface area contributed by atoms with Gasteiger partial charge in [-0.15, -0.1) is 0 Å². The second-order valence-corrected chi connectivity index (χ2v) is 10.8. The smallest absolute Gasteiger partial charge is 0.328 e. The van der Waals surface area contributed by atoms with Gasteiger partial charge in [-0.2, -0.15) is 0 Å². The SMILES string of the molecule is CCCCCCCCC1(C2CNCCN2c2ccc(NS(C)(=O)=O)cc2)C(=O)NC(=O)NC1=O. The van der Waals surface area contributed by atoms with Gasteiger partial charge in [0, 0.05) is 31.0 Å². The molecule has 4 N–H and O–H groups in total. The lowest BCUT2D eigenvalue weighted by Gasteiger charge is -2.48. The van der Waals surface area contributed by atoms with E-state index >= 15 is 0 Å². The molecule has 0 aliphatic carbocycles. The maximum Gasteiger partial charge on any atom is 0.328 e. The highest BCUT2D eigenvalue weighted by molar-refractivity contribution is 7.92. The molecule has 0 aromatic heterocycles. The fourth-order valence-electron chi connectivity index (χ4n) is 4.83. The molecule has 0 spiro atoms. The first-order valence-corrected chi connectivity index (χ1v) is 13.8. The maximum atomic E-state index is 13.3. The van der Waals surface area contributed by atoms with Crippen LogP contribution in [0.25, 0.3) is 0 Å². The van der Waals surface area contributed by atoms with Crippen LogP contribution < -0.4 is 25.6 Å². The van der Waals surface area contributed by atoms with Crippen LogP contribution in [0.1, 0.15) is 51.9 Å². The summed E-state index contributed by atoms with van der Waals surface area (Å²) in [6.45, 7) is 3.76. The van der Waals surface area contributed by atoms with Crippen molar-refractivity contribution in [2.45, 2.75) is 57.9 Å². The number of carbonyl (C=O) groups excluding carboxylic acids is 3. The highest BCUT2D eigenvalue weighted by Gasteiger charge is 2.57. The number of benzene rings is 1. The highest BCUT2D eigenvalue weighted by atomic mass is 32.2. The van der Waals surface area contributed by atoms with Crippen LogP contribution >= 0.6 is 0 Å². The third-order valence-electron chi connectivity index (χ3n) is 6.50. The van der Waals surface area contributed by atoms with E-state index in [1.165, 1.54) is 0 Å². The Balaban J connectivity index is 1.87. The van der Waals surface area contributed by atoms with Crippen LogP contribution in [0.5, 0.6) is 0 Å². The standard InChI is InChI=1S/C23H35N5O5S/c1-3-4-5-6-7-8-13-23(20(29)25-22(31)26-21(23)30)19-16-24-14-15-28(19)18-11-9-17(10-12-18)27-34(2,32)33/h9-12,19,24,27H,3-8,13-16H2,1-2H3,(H2,25,26,29,30,31). The van der Waals surface area contributed by atoms with Crippen molar-refractivity contribution in [3.63, 3.8) is 0 Å². The van der Waals surface area contributed by atoms with Crippen LogP contribution in [0.2, 0.25) is 0 Å². The lowest BCUT2D eigenvalue weighted by molar-refractivity contribution is -0.147. The van der Waals surface area contributed by atoms with E-state index in [1.807, 2.05) is 4.90 Å². The third kappa shape index (κ3) is 6.06. The lowest BCUT2D eigenvalue weighted by Crippen LogP contribution is -2.72. The largest absolute Gasteiger partial charge is 0.364 e. The zero-order chi connectivity index (χ0) is 24.8. The van der Waals surface area contributed by atoms with Gasteiger partial charge >= 0.3 is 6.03 Å². The van der Waals surface area contributed by atoms with Gasteiger partial charge in [-0.05, 0) is 30.7 Å². The van der Waals surface area contributed by atoms with Crippen molar-refractivity contribution in [3.05, 3.63) is 24.3 Å². The Bertz CT molecular complexity index is 976. The Labute approximate surface area is 201 Å². The highest BCUT2D eigenvalue weighted by Crippen LogP contribution is 2.38. The van der Waals surface area contributed by atoms with Gasteiger partial charge in [0.05, 0.1) is 12.3 Å².